The maximum Gasteiger partial charge on any atom is 0.0759 e. The maximum absolute atomic E-state index is 6.22. The molecule has 19 heavy (non-hydrogen) atoms. The van der Waals surface area contributed by atoms with E-state index in [9.17, 15) is 0 Å². The molecule has 0 spiro atoms. The van der Waals surface area contributed by atoms with Crippen LogP contribution in [0.5, 0.6) is 0 Å². The van der Waals surface area contributed by atoms with Gasteiger partial charge < -0.3 is 5.32 Å². The fourth-order valence-corrected chi connectivity index (χ4v) is 2.40. The van der Waals surface area contributed by atoms with Gasteiger partial charge in [-0.2, -0.15) is 5.10 Å². The Hall–Kier alpha value is -1.39. The van der Waals surface area contributed by atoms with Crippen LogP contribution < -0.4 is 5.32 Å². The smallest absolute Gasteiger partial charge is 0.0759 e. The largest absolute Gasteiger partial charge is 0.309 e. The zero-order valence-electron chi connectivity index (χ0n) is 11.3. The van der Waals surface area contributed by atoms with Crippen molar-refractivity contribution < 1.29 is 0 Å². The predicted octanol–water partition coefficient (Wildman–Crippen LogP) is 2.75. The molecule has 0 fully saturated rings. The number of rotatable bonds is 6. The minimum absolute atomic E-state index is 0.180. The van der Waals surface area contributed by atoms with E-state index in [1.165, 1.54) is 5.56 Å². The molecule has 2 heterocycles. The summed E-state index contributed by atoms with van der Waals surface area (Å²) in [4.78, 5) is 4.40. The van der Waals surface area contributed by atoms with Crippen LogP contribution in [-0.4, -0.2) is 21.3 Å². The number of hydrogen-bond acceptors (Lipinski definition) is 3. The van der Waals surface area contributed by atoms with Crippen molar-refractivity contribution >= 4 is 11.6 Å². The number of halogens is 1. The van der Waals surface area contributed by atoms with E-state index in [1.54, 1.807) is 6.20 Å². The minimum atomic E-state index is 0.180. The van der Waals surface area contributed by atoms with E-state index in [4.69, 9.17) is 11.6 Å². The van der Waals surface area contributed by atoms with E-state index in [1.807, 2.05) is 36.3 Å². The first kappa shape index (κ1) is 14.0. The summed E-state index contributed by atoms with van der Waals surface area (Å²) >= 11 is 6.22. The van der Waals surface area contributed by atoms with Crippen LogP contribution in [0.3, 0.4) is 0 Å². The molecule has 0 amide bonds. The van der Waals surface area contributed by atoms with Crippen molar-refractivity contribution in [1.29, 1.82) is 0 Å². The average Bonchev–Trinajstić information content (AvgIpc) is 2.81. The molecule has 1 unspecified atom stereocenters. The molecule has 0 aliphatic rings. The highest BCUT2D eigenvalue weighted by Crippen LogP contribution is 2.24. The zero-order chi connectivity index (χ0) is 13.7. The number of pyridine rings is 1. The summed E-state index contributed by atoms with van der Waals surface area (Å²) in [6.07, 6.45) is 7.65. The Morgan fingerprint density at radius 1 is 1.47 bits per heavy atom. The third-order valence-corrected chi connectivity index (χ3v) is 3.37. The number of nitrogens with one attached hydrogen (secondary N) is 1. The normalized spacial score (nSPS) is 12.6. The first-order valence-corrected chi connectivity index (χ1v) is 6.89. The molecule has 0 radical (unpaired) electrons. The van der Waals surface area contributed by atoms with E-state index in [2.05, 4.69) is 22.3 Å². The van der Waals surface area contributed by atoms with Crippen LogP contribution in [0.15, 0.2) is 30.7 Å². The minimum Gasteiger partial charge on any atom is -0.309 e. The first-order valence-electron chi connectivity index (χ1n) is 6.52. The fourth-order valence-electron chi connectivity index (χ4n) is 2.15. The lowest BCUT2D eigenvalue weighted by atomic mass is 10.0. The van der Waals surface area contributed by atoms with Gasteiger partial charge in [0.2, 0.25) is 0 Å². The molecular weight excluding hydrogens is 260 g/mol. The van der Waals surface area contributed by atoms with Crippen molar-refractivity contribution in [3.05, 3.63) is 47.0 Å². The van der Waals surface area contributed by atoms with Crippen LogP contribution in [-0.2, 0) is 13.5 Å². The first-order chi connectivity index (χ1) is 9.20. The van der Waals surface area contributed by atoms with Crippen LogP contribution in [0.4, 0.5) is 0 Å². The van der Waals surface area contributed by atoms with Gasteiger partial charge in [0.15, 0.2) is 0 Å². The maximum atomic E-state index is 6.22. The molecule has 2 aromatic heterocycles. The lowest BCUT2D eigenvalue weighted by Gasteiger charge is -2.18. The SMILES string of the molecule is CCNC(CCc1cnn(C)c1)c1ncccc1Cl. The van der Waals surface area contributed by atoms with E-state index < -0.39 is 0 Å². The fraction of sp³-hybridized carbons (Fsp3) is 0.429. The summed E-state index contributed by atoms with van der Waals surface area (Å²) in [6.45, 7) is 2.98. The zero-order valence-corrected chi connectivity index (χ0v) is 12.1. The molecule has 5 heteroatoms. The lowest BCUT2D eigenvalue weighted by molar-refractivity contribution is 0.504. The second-order valence-electron chi connectivity index (χ2n) is 4.54. The van der Waals surface area contributed by atoms with Gasteiger partial charge in [-0.3, -0.25) is 9.67 Å². The molecule has 0 aliphatic carbocycles. The van der Waals surface area contributed by atoms with Crippen molar-refractivity contribution in [3.63, 3.8) is 0 Å². The highest BCUT2D eigenvalue weighted by Gasteiger charge is 2.15. The van der Waals surface area contributed by atoms with Gasteiger partial charge >= 0.3 is 0 Å². The third-order valence-electron chi connectivity index (χ3n) is 3.05. The molecule has 0 aromatic carbocycles. The Morgan fingerprint density at radius 2 is 2.32 bits per heavy atom. The Labute approximate surface area is 118 Å². The van der Waals surface area contributed by atoms with Gasteiger partial charge in [-0.1, -0.05) is 18.5 Å². The molecule has 0 saturated carbocycles. The number of hydrogen-bond donors (Lipinski definition) is 1. The molecule has 0 saturated heterocycles. The Bertz CT molecular complexity index is 524. The average molecular weight is 279 g/mol. The summed E-state index contributed by atoms with van der Waals surface area (Å²) in [5.41, 5.74) is 2.16. The monoisotopic (exact) mass is 278 g/mol. The van der Waals surface area contributed by atoms with E-state index in [-0.39, 0.29) is 6.04 Å². The van der Waals surface area contributed by atoms with Crippen molar-refractivity contribution in [2.24, 2.45) is 7.05 Å². The predicted molar refractivity (Wildman–Crippen MR) is 77.2 cm³/mol. The number of aryl methyl sites for hydroxylation is 2. The highest BCUT2D eigenvalue weighted by atomic mass is 35.5. The van der Waals surface area contributed by atoms with Gasteiger partial charge in [-0.05, 0) is 37.1 Å². The standard InChI is InChI=1S/C14H19ClN4/c1-3-16-13(14-12(15)5-4-8-17-14)7-6-11-9-18-19(2)10-11/h4-5,8-10,13,16H,3,6-7H2,1-2H3. The lowest BCUT2D eigenvalue weighted by Crippen LogP contribution is -2.22. The Kier molecular flexibility index (Phi) is 4.93. The van der Waals surface area contributed by atoms with Crippen molar-refractivity contribution in [2.75, 3.05) is 6.54 Å². The molecule has 2 rings (SSSR count). The van der Waals surface area contributed by atoms with Crippen LogP contribution in [0.2, 0.25) is 5.02 Å². The number of aromatic nitrogens is 3. The third kappa shape index (κ3) is 3.78. The van der Waals surface area contributed by atoms with Crippen molar-refractivity contribution in [1.82, 2.24) is 20.1 Å². The molecule has 102 valence electrons. The molecule has 4 nitrogen and oxygen atoms in total. The summed E-state index contributed by atoms with van der Waals surface area (Å²) < 4.78 is 1.82. The van der Waals surface area contributed by atoms with Gasteiger partial charge in [-0.15, -0.1) is 0 Å². The van der Waals surface area contributed by atoms with Gasteiger partial charge in [0.1, 0.15) is 0 Å². The van der Waals surface area contributed by atoms with E-state index in [0.29, 0.717) is 0 Å². The van der Waals surface area contributed by atoms with Gasteiger partial charge in [0.25, 0.3) is 0 Å². The van der Waals surface area contributed by atoms with Crippen molar-refractivity contribution in [2.45, 2.75) is 25.8 Å². The summed E-state index contributed by atoms with van der Waals surface area (Å²) in [6, 6.07) is 3.92. The van der Waals surface area contributed by atoms with Gasteiger partial charge in [0.05, 0.1) is 23.0 Å². The van der Waals surface area contributed by atoms with Gasteiger partial charge in [-0.25, -0.2) is 0 Å². The highest BCUT2D eigenvalue weighted by molar-refractivity contribution is 6.31. The second kappa shape index (κ2) is 6.68. The van der Waals surface area contributed by atoms with E-state index in [0.717, 1.165) is 30.1 Å². The van der Waals surface area contributed by atoms with Crippen molar-refractivity contribution in [3.8, 4) is 0 Å². The van der Waals surface area contributed by atoms with E-state index >= 15 is 0 Å². The Morgan fingerprint density at radius 3 is 2.95 bits per heavy atom. The van der Waals surface area contributed by atoms with Gasteiger partial charge in [0, 0.05) is 19.4 Å². The molecule has 0 aliphatic heterocycles. The second-order valence-corrected chi connectivity index (χ2v) is 4.95. The van der Waals surface area contributed by atoms with Crippen LogP contribution >= 0.6 is 11.6 Å². The molecule has 2 aromatic rings. The summed E-state index contributed by atoms with van der Waals surface area (Å²) in [7, 11) is 1.93. The number of nitrogens with zero attached hydrogens (tertiary/aromatic N) is 3. The Balaban J connectivity index is 2.06. The topological polar surface area (TPSA) is 42.7 Å². The quantitative estimate of drug-likeness (QED) is 0.883. The molecular formula is C14H19ClN4. The molecule has 1 atom stereocenters. The molecule has 0 bridgehead atoms. The molecule has 1 N–H and O–H groups in total. The van der Waals surface area contributed by atoms with Crippen LogP contribution in [0.25, 0.3) is 0 Å². The van der Waals surface area contributed by atoms with Crippen LogP contribution in [0, 0.1) is 0 Å². The summed E-state index contributed by atoms with van der Waals surface area (Å²) in [5, 5.41) is 8.35. The summed E-state index contributed by atoms with van der Waals surface area (Å²) in [5.74, 6) is 0. The van der Waals surface area contributed by atoms with Crippen LogP contribution in [0.1, 0.15) is 30.6 Å².